The summed E-state index contributed by atoms with van der Waals surface area (Å²) in [6, 6.07) is 5.98. The lowest BCUT2D eigenvalue weighted by Gasteiger charge is -2.20. The summed E-state index contributed by atoms with van der Waals surface area (Å²) >= 11 is 0. The summed E-state index contributed by atoms with van der Waals surface area (Å²) in [5.74, 6) is -0.661. The van der Waals surface area contributed by atoms with Gasteiger partial charge in [-0.2, -0.15) is 0 Å². The third-order valence-corrected chi connectivity index (χ3v) is 2.95. The van der Waals surface area contributed by atoms with Crippen LogP contribution in [0.25, 0.3) is 0 Å². The number of carbonyl (C=O) groups excluding carboxylic acids is 1. The molecule has 0 saturated heterocycles. The second kappa shape index (κ2) is 8.53. The lowest BCUT2D eigenvalue weighted by Crippen LogP contribution is -2.42. The minimum atomic E-state index is -0.719. The molecular weight excluding hydrogens is 261 g/mol. The highest BCUT2D eigenvalue weighted by Crippen LogP contribution is 2.18. The van der Waals surface area contributed by atoms with Crippen molar-refractivity contribution in [3.8, 4) is 5.75 Å². The van der Waals surface area contributed by atoms with Gasteiger partial charge >= 0.3 is 0 Å². The zero-order valence-corrected chi connectivity index (χ0v) is 11.9. The average Bonchev–Trinajstić information content (AvgIpc) is 2.44. The van der Waals surface area contributed by atoms with E-state index in [0.29, 0.717) is 19.3 Å². The first-order valence-electron chi connectivity index (χ1n) is 6.90. The standard InChI is InChI=1S/C15H22FNO3/c1-3-13(15(19)17-11(2)7-6-10-18)20-14-9-5-4-8-12(14)16/h4-5,8-9,11,13,18H,3,6-7,10H2,1-2H3,(H,17,19). The van der Waals surface area contributed by atoms with Gasteiger partial charge in [0.1, 0.15) is 0 Å². The van der Waals surface area contributed by atoms with E-state index in [1.54, 1.807) is 12.1 Å². The monoisotopic (exact) mass is 283 g/mol. The molecule has 0 spiro atoms. The van der Waals surface area contributed by atoms with Crippen molar-refractivity contribution in [3.05, 3.63) is 30.1 Å². The van der Waals surface area contributed by atoms with Gasteiger partial charge in [-0.3, -0.25) is 4.79 Å². The molecule has 1 amide bonds. The lowest BCUT2D eigenvalue weighted by atomic mass is 10.1. The Balaban J connectivity index is 2.57. The van der Waals surface area contributed by atoms with Gasteiger partial charge < -0.3 is 15.2 Å². The summed E-state index contributed by atoms with van der Waals surface area (Å²) in [4.78, 5) is 12.0. The largest absolute Gasteiger partial charge is 0.478 e. The third kappa shape index (κ3) is 5.17. The number of aliphatic hydroxyl groups is 1. The average molecular weight is 283 g/mol. The zero-order valence-electron chi connectivity index (χ0n) is 11.9. The number of nitrogens with one attached hydrogen (secondary N) is 1. The molecule has 0 radical (unpaired) electrons. The molecule has 0 aliphatic carbocycles. The van der Waals surface area contributed by atoms with E-state index < -0.39 is 11.9 Å². The number of carbonyl (C=O) groups is 1. The topological polar surface area (TPSA) is 58.6 Å². The number of hydrogen-bond acceptors (Lipinski definition) is 3. The van der Waals surface area contributed by atoms with Crippen LogP contribution in [0.2, 0.25) is 0 Å². The fraction of sp³-hybridized carbons (Fsp3) is 0.533. The van der Waals surface area contributed by atoms with Crippen LogP contribution < -0.4 is 10.1 Å². The highest BCUT2D eigenvalue weighted by Gasteiger charge is 2.21. The third-order valence-electron chi connectivity index (χ3n) is 2.95. The Morgan fingerprint density at radius 2 is 2.15 bits per heavy atom. The minimum absolute atomic E-state index is 0.0482. The van der Waals surface area contributed by atoms with Crippen molar-refractivity contribution in [2.45, 2.75) is 45.3 Å². The molecule has 20 heavy (non-hydrogen) atoms. The summed E-state index contributed by atoms with van der Waals surface area (Å²) in [6.45, 7) is 3.77. The Morgan fingerprint density at radius 3 is 2.75 bits per heavy atom. The van der Waals surface area contributed by atoms with Gasteiger partial charge in [0, 0.05) is 12.6 Å². The highest BCUT2D eigenvalue weighted by molar-refractivity contribution is 5.81. The number of rotatable bonds is 8. The Labute approximate surface area is 119 Å². The molecule has 1 aromatic rings. The molecule has 2 N–H and O–H groups in total. The normalized spacial score (nSPS) is 13.6. The summed E-state index contributed by atoms with van der Waals surface area (Å²) in [7, 11) is 0. The zero-order chi connectivity index (χ0) is 15.0. The van der Waals surface area contributed by atoms with Crippen molar-refractivity contribution in [2.75, 3.05) is 6.61 Å². The van der Waals surface area contributed by atoms with Crippen molar-refractivity contribution in [1.82, 2.24) is 5.32 Å². The smallest absolute Gasteiger partial charge is 0.261 e. The van der Waals surface area contributed by atoms with Crippen LogP contribution in [0.1, 0.15) is 33.1 Å². The van der Waals surface area contributed by atoms with Crippen LogP contribution in [0.15, 0.2) is 24.3 Å². The van der Waals surface area contributed by atoms with Crippen molar-refractivity contribution in [1.29, 1.82) is 0 Å². The van der Waals surface area contributed by atoms with Gasteiger partial charge in [0.25, 0.3) is 5.91 Å². The van der Waals surface area contributed by atoms with Gasteiger partial charge in [-0.25, -0.2) is 4.39 Å². The molecule has 0 fully saturated rings. The molecule has 2 unspecified atom stereocenters. The molecular formula is C15H22FNO3. The molecule has 4 nitrogen and oxygen atoms in total. The van der Waals surface area contributed by atoms with E-state index in [4.69, 9.17) is 9.84 Å². The lowest BCUT2D eigenvalue weighted by molar-refractivity contribution is -0.128. The van der Waals surface area contributed by atoms with Crippen LogP contribution in [0.5, 0.6) is 5.75 Å². The van der Waals surface area contributed by atoms with Crippen LogP contribution in [-0.4, -0.2) is 29.8 Å². The summed E-state index contributed by atoms with van der Waals surface area (Å²) in [5, 5.41) is 11.6. The number of para-hydroxylation sites is 1. The van der Waals surface area contributed by atoms with Crippen LogP contribution in [0.4, 0.5) is 4.39 Å². The molecule has 0 aliphatic rings. The van der Waals surface area contributed by atoms with Gasteiger partial charge in [-0.05, 0) is 38.3 Å². The van der Waals surface area contributed by atoms with E-state index in [1.807, 2.05) is 13.8 Å². The maximum Gasteiger partial charge on any atom is 0.261 e. The van der Waals surface area contributed by atoms with E-state index in [-0.39, 0.29) is 24.3 Å². The van der Waals surface area contributed by atoms with Crippen LogP contribution >= 0.6 is 0 Å². The predicted octanol–water partition coefficient (Wildman–Crippen LogP) is 2.26. The SMILES string of the molecule is CCC(Oc1ccccc1F)C(=O)NC(C)CCCO. The molecule has 1 rings (SSSR count). The van der Waals surface area contributed by atoms with E-state index >= 15 is 0 Å². The number of aliphatic hydroxyl groups excluding tert-OH is 1. The van der Waals surface area contributed by atoms with Crippen molar-refractivity contribution < 1.29 is 19.0 Å². The maximum absolute atomic E-state index is 13.5. The van der Waals surface area contributed by atoms with Crippen LogP contribution in [-0.2, 0) is 4.79 Å². The molecule has 0 saturated carbocycles. The van der Waals surface area contributed by atoms with Crippen molar-refractivity contribution in [3.63, 3.8) is 0 Å². The second-order valence-electron chi connectivity index (χ2n) is 4.72. The molecule has 112 valence electrons. The predicted molar refractivity (Wildman–Crippen MR) is 75.0 cm³/mol. The Bertz CT molecular complexity index is 425. The summed E-state index contributed by atoms with van der Waals surface area (Å²) in [5.41, 5.74) is 0. The van der Waals surface area contributed by atoms with E-state index in [2.05, 4.69) is 5.32 Å². The number of halogens is 1. The fourth-order valence-electron chi connectivity index (χ4n) is 1.82. The van der Waals surface area contributed by atoms with Crippen molar-refractivity contribution in [2.24, 2.45) is 0 Å². The number of hydrogen-bond donors (Lipinski definition) is 2. The fourth-order valence-corrected chi connectivity index (χ4v) is 1.82. The number of amides is 1. The Morgan fingerprint density at radius 1 is 1.45 bits per heavy atom. The van der Waals surface area contributed by atoms with Gasteiger partial charge in [0.2, 0.25) is 0 Å². The van der Waals surface area contributed by atoms with Gasteiger partial charge in [0.15, 0.2) is 17.7 Å². The molecule has 0 aliphatic heterocycles. The van der Waals surface area contributed by atoms with E-state index in [9.17, 15) is 9.18 Å². The first kappa shape index (κ1) is 16.4. The van der Waals surface area contributed by atoms with Crippen LogP contribution in [0.3, 0.4) is 0 Å². The van der Waals surface area contributed by atoms with E-state index in [1.165, 1.54) is 12.1 Å². The highest BCUT2D eigenvalue weighted by atomic mass is 19.1. The number of ether oxygens (including phenoxy) is 1. The van der Waals surface area contributed by atoms with Crippen molar-refractivity contribution >= 4 is 5.91 Å². The molecule has 5 heteroatoms. The minimum Gasteiger partial charge on any atom is -0.478 e. The first-order chi connectivity index (χ1) is 9.58. The Kier molecular flexibility index (Phi) is 7.01. The molecule has 0 bridgehead atoms. The quantitative estimate of drug-likeness (QED) is 0.769. The summed E-state index contributed by atoms with van der Waals surface area (Å²) < 4.78 is 18.9. The van der Waals surface area contributed by atoms with Gasteiger partial charge in [-0.15, -0.1) is 0 Å². The molecule has 0 aromatic heterocycles. The summed E-state index contributed by atoms with van der Waals surface area (Å²) in [6.07, 6.45) is 1.06. The first-order valence-corrected chi connectivity index (χ1v) is 6.90. The maximum atomic E-state index is 13.5. The van der Waals surface area contributed by atoms with E-state index in [0.717, 1.165) is 0 Å². The molecule has 2 atom stereocenters. The molecule has 1 aromatic carbocycles. The second-order valence-corrected chi connectivity index (χ2v) is 4.72. The van der Waals surface area contributed by atoms with Gasteiger partial charge in [-0.1, -0.05) is 19.1 Å². The van der Waals surface area contributed by atoms with Gasteiger partial charge in [0.05, 0.1) is 0 Å². The Hall–Kier alpha value is -1.62. The van der Waals surface area contributed by atoms with Crippen LogP contribution in [0, 0.1) is 5.82 Å². The molecule has 0 heterocycles. The number of benzene rings is 1.